The van der Waals surface area contributed by atoms with E-state index in [1.165, 1.54) is 0 Å². The van der Waals surface area contributed by atoms with Crippen molar-refractivity contribution in [3.63, 3.8) is 0 Å². The molecule has 1 aromatic rings. The molecule has 104 valence electrons. The van der Waals surface area contributed by atoms with Gasteiger partial charge in [-0.3, -0.25) is 9.59 Å². The van der Waals surface area contributed by atoms with Gasteiger partial charge in [0.1, 0.15) is 11.5 Å². The number of Topliss-reactive ketones (excluding diaryl/α,β-unsaturated/α-hetero) is 1. The summed E-state index contributed by atoms with van der Waals surface area (Å²) < 4.78 is 5.34. The standard InChI is InChI=1S/C16H22O3/c1-5-9-13(15(18)19-16(2,3)4)14(17)12-10-7-6-8-11-12/h6-8,10-11,13H,5,9H2,1-4H3. The lowest BCUT2D eigenvalue weighted by molar-refractivity contribution is -0.158. The number of rotatable bonds is 5. The first-order valence-electron chi connectivity index (χ1n) is 6.67. The molecule has 1 rings (SSSR count). The van der Waals surface area contributed by atoms with E-state index in [1.54, 1.807) is 45.0 Å². The van der Waals surface area contributed by atoms with E-state index in [4.69, 9.17) is 4.74 Å². The average Bonchev–Trinajstić information content (AvgIpc) is 2.34. The van der Waals surface area contributed by atoms with Crippen LogP contribution in [-0.2, 0) is 9.53 Å². The second-order valence-corrected chi connectivity index (χ2v) is 5.61. The van der Waals surface area contributed by atoms with E-state index in [9.17, 15) is 9.59 Å². The van der Waals surface area contributed by atoms with Crippen LogP contribution < -0.4 is 0 Å². The third-order valence-corrected chi connectivity index (χ3v) is 2.64. The topological polar surface area (TPSA) is 43.4 Å². The van der Waals surface area contributed by atoms with Gasteiger partial charge in [0.2, 0.25) is 0 Å². The van der Waals surface area contributed by atoms with Gasteiger partial charge in [-0.1, -0.05) is 43.7 Å². The van der Waals surface area contributed by atoms with Gasteiger partial charge in [0.25, 0.3) is 0 Å². The maximum absolute atomic E-state index is 12.4. The van der Waals surface area contributed by atoms with Crippen LogP contribution in [0.5, 0.6) is 0 Å². The van der Waals surface area contributed by atoms with Gasteiger partial charge in [-0.05, 0) is 27.2 Å². The molecular formula is C16H22O3. The number of benzene rings is 1. The lowest BCUT2D eigenvalue weighted by Gasteiger charge is -2.23. The van der Waals surface area contributed by atoms with Crippen LogP contribution in [-0.4, -0.2) is 17.4 Å². The van der Waals surface area contributed by atoms with Gasteiger partial charge in [0.05, 0.1) is 0 Å². The number of ether oxygens (including phenoxy) is 1. The van der Waals surface area contributed by atoms with Crippen LogP contribution in [0, 0.1) is 5.92 Å². The largest absolute Gasteiger partial charge is 0.459 e. The minimum absolute atomic E-state index is 0.156. The molecule has 0 aliphatic rings. The minimum atomic E-state index is -0.702. The summed E-state index contributed by atoms with van der Waals surface area (Å²) >= 11 is 0. The van der Waals surface area contributed by atoms with E-state index in [2.05, 4.69) is 0 Å². The Morgan fingerprint density at radius 2 is 1.74 bits per heavy atom. The molecule has 0 aliphatic carbocycles. The smallest absolute Gasteiger partial charge is 0.317 e. The van der Waals surface area contributed by atoms with Crippen molar-refractivity contribution in [2.24, 2.45) is 5.92 Å². The first kappa shape index (κ1) is 15.4. The average molecular weight is 262 g/mol. The van der Waals surface area contributed by atoms with Crippen molar-refractivity contribution in [3.05, 3.63) is 35.9 Å². The van der Waals surface area contributed by atoms with E-state index in [-0.39, 0.29) is 5.78 Å². The van der Waals surface area contributed by atoms with E-state index in [1.807, 2.05) is 13.0 Å². The molecule has 0 spiro atoms. The molecule has 0 aliphatic heterocycles. The summed E-state index contributed by atoms with van der Waals surface area (Å²) in [5.74, 6) is -1.29. The molecule has 0 aromatic heterocycles. The van der Waals surface area contributed by atoms with Gasteiger partial charge in [0, 0.05) is 5.56 Å². The quantitative estimate of drug-likeness (QED) is 0.462. The minimum Gasteiger partial charge on any atom is -0.459 e. The first-order valence-corrected chi connectivity index (χ1v) is 6.67. The summed E-state index contributed by atoms with van der Waals surface area (Å²) in [6.45, 7) is 7.37. The maximum atomic E-state index is 12.4. The van der Waals surface area contributed by atoms with Crippen molar-refractivity contribution >= 4 is 11.8 Å². The zero-order valence-electron chi connectivity index (χ0n) is 12.1. The molecule has 1 unspecified atom stereocenters. The van der Waals surface area contributed by atoms with Gasteiger partial charge in [-0.2, -0.15) is 0 Å². The Morgan fingerprint density at radius 1 is 1.16 bits per heavy atom. The second kappa shape index (κ2) is 6.50. The molecule has 0 saturated carbocycles. The number of carbonyl (C=O) groups is 2. The monoisotopic (exact) mass is 262 g/mol. The molecule has 1 atom stereocenters. The van der Waals surface area contributed by atoms with Gasteiger partial charge in [0.15, 0.2) is 5.78 Å². The number of esters is 1. The van der Waals surface area contributed by atoms with Crippen LogP contribution in [0.4, 0.5) is 0 Å². The Balaban J connectivity index is 2.89. The van der Waals surface area contributed by atoms with Gasteiger partial charge >= 0.3 is 5.97 Å². The maximum Gasteiger partial charge on any atom is 0.317 e. The second-order valence-electron chi connectivity index (χ2n) is 5.61. The van der Waals surface area contributed by atoms with Gasteiger partial charge in [-0.25, -0.2) is 0 Å². The molecular weight excluding hydrogens is 240 g/mol. The number of hydrogen-bond donors (Lipinski definition) is 0. The SMILES string of the molecule is CCCC(C(=O)OC(C)(C)C)C(=O)c1ccccc1. The van der Waals surface area contributed by atoms with Crippen molar-refractivity contribution in [2.75, 3.05) is 0 Å². The van der Waals surface area contributed by atoms with Crippen molar-refractivity contribution in [1.82, 2.24) is 0 Å². The van der Waals surface area contributed by atoms with Crippen LogP contribution in [0.25, 0.3) is 0 Å². The molecule has 3 heteroatoms. The fourth-order valence-corrected chi connectivity index (χ4v) is 1.82. The summed E-state index contributed by atoms with van der Waals surface area (Å²) in [6.07, 6.45) is 1.28. The fourth-order valence-electron chi connectivity index (χ4n) is 1.82. The zero-order valence-corrected chi connectivity index (χ0v) is 12.1. The van der Waals surface area contributed by atoms with Crippen LogP contribution in [0.2, 0.25) is 0 Å². The molecule has 0 radical (unpaired) electrons. The molecule has 0 saturated heterocycles. The fraction of sp³-hybridized carbons (Fsp3) is 0.500. The Hall–Kier alpha value is -1.64. The predicted molar refractivity (Wildman–Crippen MR) is 75.0 cm³/mol. The van der Waals surface area contributed by atoms with Crippen LogP contribution in [0.1, 0.15) is 50.9 Å². The summed E-state index contributed by atoms with van der Waals surface area (Å²) in [4.78, 5) is 24.5. The lowest BCUT2D eigenvalue weighted by Crippen LogP contribution is -2.32. The lowest BCUT2D eigenvalue weighted by atomic mass is 9.93. The van der Waals surface area contributed by atoms with Crippen molar-refractivity contribution < 1.29 is 14.3 Å². The van der Waals surface area contributed by atoms with Gasteiger partial charge in [-0.15, -0.1) is 0 Å². The number of hydrogen-bond acceptors (Lipinski definition) is 3. The van der Waals surface area contributed by atoms with Crippen molar-refractivity contribution in [3.8, 4) is 0 Å². The van der Waals surface area contributed by atoms with Gasteiger partial charge < -0.3 is 4.74 Å². The molecule has 0 N–H and O–H groups in total. The first-order chi connectivity index (χ1) is 8.85. The molecule has 0 amide bonds. The molecule has 0 fully saturated rings. The van der Waals surface area contributed by atoms with Crippen molar-refractivity contribution in [2.45, 2.75) is 46.1 Å². The number of carbonyl (C=O) groups excluding carboxylic acids is 2. The molecule has 0 bridgehead atoms. The Labute approximate surface area is 115 Å². The van der Waals surface area contributed by atoms with E-state index < -0.39 is 17.5 Å². The summed E-state index contributed by atoms with van der Waals surface area (Å²) in [5.41, 5.74) is -0.00754. The zero-order chi connectivity index (χ0) is 14.5. The molecule has 1 aromatic carbocycles. The highest BCUT2D eigenvalue weighted by Gasteiger charge is 2.30. The highest BCUT2D eigenvalue weighted by atomic mass is 16.6. The van der Waals surface area contributed by atoms with E-state index >= 15 is 0 Å². The van der Waals surface area contributed by atoms with E-state index in [0.717, 1.165) is 6.42 Å². The van der Waals surface area contributed by atoms with E-state index in [0.29, 0.717) is 12.0 Å². The summed E-state index contributed by atoms with van der Waals surface area (Å²) in [5, 5.41) is 0. The molecule has 3 nitrogen and oxygen atoms in total. The highest BCUT2D eigenvalue weighted by Crippen LogP contribution is 2.19. The Kier molecular flexibility index (Phi) is 5.28. The Morgan fingerprint density at radius 3 is 2.21 bits per heavy atom. The highest BCUT2D eigenvalue weighted by molar-refractivity contribution is 6.08. The summed E-state index contributed by atoms with van der Waals surface area (Å²) in [7, 11) is 0. The van der Waals surface area contributed by atoms with Crippen LogP contribution in [0.3, 0.4) is 0 Å². The van der Waals surface area contributed by atoms with Crippen molar-refractivity contribution in [1.29, 1.82) is 0 Å². The normalized spacial score (nSPS) is 12.8. The third kappa shape index (κ3) is 4.86. The molecule has 0 heterocycles. The number of ketones is 1. The van der Waals surface area contributed by atoms with Crippen LogP contribution >= 0.6 is 0 Å². The Bertz CT molecular complexity index is 429. The third-order valence-electron chi connectivity index (χ3n) is 2.64. The molecule has 19 heavy (non-hydrogen) atoms. The summed E-state index contributed by atoms with van der Waals surface area (Å²) in [6, 6.07) is 8.90. The predicted octanol–water partition coefficient (Wildman–Crippen LogP) is 3.63. The van der Waals surface area contributed by atoms with Crippen LogP contribution in [0.15, 0.2) is 30.3 Å².